The monoisotopic (exact) mass is 290 g/mol. The van der Waals surface area contributed by atoms with Gasteiger partial charge in [0.25, 0.3) is 5.56 Å². The van der Waals surface area contributed by atoms with Crippen LogP contribution in [0.3, 0.4) is 0 Å². The van der Waals surface area contributed by atoms with E-state index in [4.69, 9.17) is 0 Å². The molecule has 7 heteroatoms. The second-order valence-electron chi connectivity index (χ2n) is 4.98. The Morgan fingerprint density at radius 2 is 1.90 bits per heavy atom. The number of pyridine rings is 1. The molecule has 0 aliphatic carbocycles. The van der Waals surface area contributed by atoms with Crippen LogP contribution in [0.25, 0.3) is 0 Å². The summed E-state index contributed by atoms with van der Waals surface area (Å²) in [6.45, 7) is 5.17. The van der Waals surface area contributed by atoms with E-state index in [-0.39, 0.29) is 12.0 Å². The van der Waals surface area contributed by atoms with Gasteiger partial charge in [-0.25, -0.2) is 0 Å². The summed E-state index contributed by atoms with van der Waals surface area (Å²) in [7, 11) is 0. The first-order valence-electron chi connectivity index (χ1n) is 6.18. The Labute approximate surface area is 114 Å². The quantitative estimate of drug-likeness (QED) is 0.922. The van der Waals surface area contributed by atoms with Gasteiger partial charge in [-0.3, -0.25) is 9.59 Å². The lowest BCUT2D eigenvalue weighted by molar-refractivity contribution is -0.138. The maximum Gasteiger partial charge on any atom is 0.417 e. The Morgan fingerprint density at radius 3 is 2.40 bits per heavy atom. The third kappa shape index (κ3) is 4.40. The third-order valence-electron chi connectivity index (χ3n) is 3.01. The first kappa shape index (κ1) is 16.3. The minimum atomic E-state index is -4.54. The average molecular weight is 290 g/mol. The number of amides is 1. The second-order valence-corrected chi connectivity index (χ2v) is 4.98. The number of aromatic nitrogens is 1. The number of rotatable bonds is 4. The highest BCUT2D eigenvalue weighted by molar-refractivity contribution is 5.76. The van der Waals surface area contributed by atoms with Crippen LogP contribution >= 0.6 is 0 Å². The van der Waals surface area contributed by atoms with Gasteiger partial charge in [-0.05, 0) is 18.9 Å². The van der Waals surface area contributed by atoms with Crippen LogP contribution in [0.2, 0.25) is 0 Å². The zero-order valence-electron chi connectivity index (χ0n) is 11.5. The van der Waals surface area contributed by atoms with Crippen LogP contribution in [0, 0.1) is 5.92 Å². The molecule has 1 amide bonds. The van der Waals surface area contributed by atoms with Crippen LogP contribution in [0.15, 0.2) is 23.1 Å². The van der Waals surface area contributed by atoms with Crippen molar-refractivity contribution in [2.24, 2.45) is 5.92 Å². The van der Waals surface area contributed by atoms with Crippen LogP contribution in [0.5, 0.6) is 0 Å². The van der Waals surface area contributed by atoms with Gasteiger partial charge in [-0.15, -0.1) is 0 Å². The normalized spacial score (nSPS) is 13.3. The Morgan fingerprint density at radius 1 is 1.30 bits per heavy atom. The van der Waals surface area contributed by atoms with Gasteiger partial charge >= 0.3 is 6.18 Å². The molecule has 1 rings (SSSR count). The van der Waals surface area contributed by atoms with Crippen molar-refractivity contribution in [3.8, 4) is 0 Å². The van der Waals surface area contributed by atoms with Crippen molar-refractivity contribution in [3.63, 3.8) is 0 Å². The molecule has 1 heterocycles. The number of halogens is 3. The van der Waals surface area contributed by atoms with Crippen molar-refractivity contribution in [2.45, 2.75) is 39.5 Å². The Bertz CT molecular complexity index is 535. The molecule has 20 heavy (non-hydrogen) atoms. The minimum absolute atomic E-state index is 0.121. The van der Waals surface area contributed by atoms with E-state index in [1.165, 1.54) is 0 Å². The molecule has 0 saturated heterocycles. The number of nitrogens with zero attached hydrogens (tertiary/aromatic N) is 1. The summed E-state index contributed by atoms with van der Waals surface area (Å²) in [5, 5.41) is 2.63. The Kier molecular flexibility index (Phi) is 4.97. The first-order chi connectivity index (χ1) is 9.11. The van der Waals surface area contributed by atoms with Crippen LogP contribution in [0.4, 0.5) is 13.2 Å². The number of nitrogens with one attached hydrogen (secondary N) is 1. The number of carbonyl (C=O) groups excluding carboxylic acids is 1. The van der Waals surface area contributed by atoms with Crippen LogP contribution < -0.4 is 10.9 Å². The molecule has 1 unspecified atom stereocenters. The summed E-state index contributed by atoms with van der Waals surface area (Å²) in [6, 6.07) is 1.39. The van der Waals surface area contributed by atoms with Gasteiger partial charge in [0.2, 0.25) is 5.91 Å². The van der Waals surface area contributed by atoms with Crippen LogP contribution in [0.1, 0.15) is 26.3 Å². The molecular weight excluding hydrogens is 273 g/mol. The number of alkyl halides is 3. The summed E-state index contributed by atoms with van der Waals surface area (Å²) in [5.74, 6) is -0.301. The SMILES string of the molecule is CC(C)C(C)NC(=O)Cn1cc(C(F)(F)F)ccc1=O. The fraction of sp³-hybridized carbons (Fsp3) is 0.538. The maximum absolute atomic E-state index is 12.5. The number of hydrogen-bond donors (Lipinski definition) is 1. The predicted octanol–water partition coefficient (Wildman–Crippen LogP) is 2.03. The second kappa shape index (κ2) is 6.11. The molecule has 0 bridgehead atoms. The zero-order chi connectivity index (χ0) is 15.5. The molecule has 4 nitrogen and oxygen atoms in total. The molecule has 0 aliphatic rings. The van der Waals surface area contributed by atoms with E-state index in [1.807, 2.05) is 13.8 Å². The van der Waals surface area contributed by atoms with E-state index in [9.17, 15) is 22.8 Å². The van der Waals surface area contributed by atoms with Crippen molar-refractivity contribution in [1.82, 2.24) is 9.88 Å². The number of carbonyl (C=O) groups is 1. The first-order valence-corrected chi connectivity index (χ1v) is 6.18. The van der Waals surface area contributed by atoms with E-state index in [0.717, 1.165) is 10.6 Å². The van der Waals surface area contributed by atoms with Crippen molar-refractivity contribution in [1.29, 1.82) is 0 Å². The van der Waals surface area contributed by atoms with E-state index >= 15 is 0 Å². The van der Waals surface area contributed by atoms with E-state index in [2.05, 4.69) is 5.32 Å². The summed E-state index contributed by atoms with van der Waals surface area (Å²) in [6.07, 6.45) is -3.89. The largest absolute Gasteiger partial charge is 0.417 e. The van der Waals surface area contributed by atoms with Crippen molar-refractivity contribution < 1.29 is 18.0 Å². The fourth-order valence-corrected chi connectivity index (χ4v) is 1.44. The lowest BCUT2D eigenvalue weighted by Gasteiger charge is -2.18. The Balaban J connectivity index is 2.87. The van der Waals surface area contributed by atoms with Gasteiger partial charge in [-0.1, -0.05) is 13.8 Å². The van der Waals surface area contributed by atoms with Crippen molar-refractivity contribution in [2.75, 3.05) is 0 Å². The smallest absolute Gasteiger partial charge is 0.352 e. The molecule has 1 N–H and O–H groups in total. The molecule has 0 aliphatic heterocycles. The molecule has 0 saturated carbocycles. The van der Waals surface area contributed by atoms with E-state index in [1.54, 1.807) is 6.92 Å². The molecule has 1 aromatic heterocycles. The van der Waals surface area contributed by atoms with Gasteiger partial charge in [0.1, 0.15) is 6.54 Å². The van der Waals surface area contributed by atoms with Crippen LogP contribution in [-0.4, -0.2) is 16.5 Å². The summed E-state index contributed by atoms with van der Waals surface area (Å²) >= 11 is 0. The molecule has 1 aromatic rings. The highest BCUT2D eigenvalue weighted by Gasteiger charge is 2.31. The molecular formula is C13H17F3N2O2. The van der Waals surface area contributed by atoms with Gasteiger partial charge in [0.15, 0.2) is 0 Å². The topological polar surface area (TPSA) is 51.1 Å². The van der Waals surface area contributed by atoms with Gasteiger partial charge < -0.3 is 9.88 Å². The molecule has 1 atom stereocenters. The minimum Gasteiger partial charge on any atom is -0.352 e. The van der Waals surface area contributed by atoms with Gasteiger partial charge in [0, 0.05) is 18.3 Å². The fourth-order valence-electron chi connectivity index (χ4n) is 1.44. The third-order valence-corrected chi connectivity index (χ3v) is 3.01. The van der Waals surface area contributed by atoms with Crippen molar-refractivity contribution in [3.05, 3.63) is 34.2 Å². The standard InChI is InChI=1S/C13H17F3N2O2/c1-8(2)9(3)17-11(19)7-18-6-10(13(14,15)16)4-5-12(18)20/h4-6,8-9H,7H2,1-3H3,(H,17,19). The average Bonchev–Trinajstić information content (AvgIpc) is 2.30. The maximum atomic E-state index is 12.5. The van der Waals surface area contributed by atoms with Crippen LogP contribution in [-0.2, 0) is 17.5 Å². The molecule has 0 radical (unpaired) electrons. The lowest BCUT2D eigenvalue weighted by atomic mass is 10.1. The predicted molar refractivity (Wildman–Crippen MR) is 68.1 cm³/mol. The summed E-state index contributed by atoms with van der Waals surface area (Å²) in [5.41, 5.74) is -1.60. The highest BCUT2D eigenvalue weighted by Crippen LogP contribution is 2.27. The lowest BCUT2D eigenvalue weighted by Crippen LogP contribution is -2.39. The van der Waals surface area contributed by atoms with E-state index in [0.29, 0.717) is 12.3 Å². The summed E-state index contributed by atoms with van der Waals surface area (Å²) < 4.78 is 38.4. The molecule has 112 valence electrons. The van der Waals surface area contributed by atoms with E-state index < -0.39 is 29.8 Å². The Hall–Kier alpha value is -1.79. The zero-order valence-corrected chi connectivity index (χ0v) is 11.5. The van der Waals surface area contributed by atoms with Crippen molar-refractivity contribution >= 4 is 5.91 Å². The number of hydrogen-bond acceptors (Lipinski definition) is 2. The summed E-state index contributed by atoms with van der Waals surface area (Å²) in [4.78, 5) is 23.2. The van der Waals surface area contributed by atoms with Gasteiger partial charge in [0.05, 0.1) is 5.56 Å². The molecule has 0 fully saturated rings. The molecule has 0 spiro atoms. The molecule has 0 aromatic carbocycles. The highest BCUT2D eigenvalue weighted by atomic mass is 19.4. The van der Waals surface area contributed by atoms with Gasteiger partial charge in [-0.2, -0.15) is 13.2 Å².